The van der Waals surface area contributed by atoms with Crippen LogP contribution in [-0.4, -0.2) is 42.7 Å². The van der Waals surface area contributed by atoms with Gasteiger partial charge in [0.05, 0.1) is 0 Å². The molecule has 2 rings (SSSR count). The Balaban J connectivity index is 2.15. The molecule has 1 aromatic carbocycles. The molecule has 0 spiro atoms. The predicted molar refractivity (Wildman–Crippen MR) is 65.2 cm³/mol. The Labute approximate surface area is 105 Å². The molecule has 1 aliphatic rings. The fourth-order valence-electron chi connectivity index (χ4n) is 2.30. The highest BCUT2D eigenvalue weighted by Gasteiger charge is 2.30. The minimum Gasteiger partial charge on any atom is -0.384 e. The van der Waals surface area contributed by atoms with Crippen LogP contribution in [0.3, 0.4) is 0 Å². The summed E-state index contributed by atoms with van der Waals surface area (Å²) >= 11 is 0. The first-order valence-electron chi connectivity index (χ1n) is 6.10. The molecule has 1 unspecified atom stereocenters. The molecule has 0 bridgehead atoms. The van der Waals surface area contributed by atoms with Crippen molar-refractivity contribution in [1.82, 2.24) is 10.2 Å². The Morgan fingerprint density at radius 1 is 1.33 bits per heavy atom. The molecule has 0 amide bonds. The van der Waals surface area contributed by atoms with E-state index in [1.165, 1.54) is 6.92 Å². The number of benzene rings is 1. The summed E-state index contributed by atoms with van der Waals surface area (Å²) in [6, 6.07) is 3.17. The van der Waals surface area contributed by atoms with Gasteiger partial charge < -0.3 is 10.4 Å². The predicted octanol–water partition coefficient (Wildman–Crippen LogP) is 1.08. The zero-order valence-corrected chi connectivity index (χ0v) is 10.4. The third kappa shape index (κ3) is 3.04. The van der Waals surface area contributed by atoms with Crippen molar-refractivity contribution in [2.75, 3.05) is 32.7 Å². The van der Waals surface area contributed by atoms with Crippen LogP contribution in [0.15, 0.2) is 18.2 Å². The van der Waals surface area contributed by atoms with Crippen LogP contribution < -0.4 is 5.32 Å². The van der Waals surface area contributed by atoms with Crippen LogP contribution in [-0.2, 0) is 5.60 Å². The van der Waals surface area contributed by atoms with Crippen molar-refractivity contribution in [2.24, 2.45) is 0 Å². The molecule has 0 aliphatic carbocycles. The van der Waals surface area contributed by atoms with Crippen molar-refractivity contribution in [2.45, 2.75) is 12.5 Å². The van der Waals surface area contributed by atoms with Crippen molar-refractivity contribution in [3.63, 3.8) is 0 Å². The van der Waals surface area contributed by atoms with Crippen LogP contribution in [0, 0.1) is 11.6 Å². The molecule has 100 valence electrons. The normalized spacial score (nSPS) is 20.7. The first kappa shape index (κ1) is 13.4. The van der Waals surface area contributed by atoms with Crippen LogP contribution >= 0.6 is 0 Å². The maximum absolute atomic E-state index is 13.7. The second kappa shape index (κ2) is 5.30. The van der Waals surface area contributed by atoms with Crippen molar-refractivity contribution in [3.05, 3.63) is 35.4 Å². The van der Waals surface area contributed by atoms with Gasteiger partial charge in [0, 0.05) is 38.3 Å². The van der Waals surface area contributed by atoms with E-state index < -0.39 is 17.2 Å². The van der Waals surface area contributed by atoms with E-state index in [2.05, 4.69) is 5.32 Å². The van der Waals surface area contributed by atoms with Gasteiger partial charge in [-0.2, -0.15) is 0 Å². The van der Waals surface area contributed by atoms with Gasteiger partial charge in [0.15, 0.2) is 0 Å². The van der Waals surface area contributed by atoms with Crippen molar-refractivity contribution < 1.29 is 13.9 Å². The Morgan fingerprint density at radius 2 is 2.00 bits per heavy atom. The van der Waals surface area contributed by atoms with E-state index in [1.807, 2.05) is 4.90 Å². The number of halogens is 2. The number of nitrogens with one attached hydrogen (secondary N) is 1. The van der Waals surface area contributed by atoms with Gasteiger partial charge in [-0.3, -0.25) is 4.90 Å². The van der Waals surface area contributed by atoms with E-state index in [9.17, 15) is 13.9 Å². The Hall–Kier alpha value is -1.04. The molecule has 1 heterocycles. The zero-order chi connectivity index (χ0) is 13.2. The molecule has 1 aliphatic heterocycles. The summed E-state index contributed by atoms with van der Waals surface area (Å²) in [5, 5.41) is 13.6. The fourth-order valence-corrected chi connectivity index (χ4v) is 2.30. The highest BCUT2D eigenvalue weighted by Crippen LogP contribution is 2.25. The van der Waals surface area contributed by atoms with Crippen LogP contribution in [0.25, 0.3) is 0 Å². The second-order valence-corrected chi connectivity index (χ2v) is 4.92. The second-order valence-electron chi connectivity index (χ2n) is 4.92. The molecule has 3 nitrogen and oxygen atoms in total. The summed E-state index contributed by atoms with van der Waals surface area (Å²) in [5.74, 6) is -1.11. The van der Waals surface area contributed by atoms with Gasteiger partial charge in [-0.05, 0) is 25.1 Å². The molecule has 1 fully saturated rings. The minimum absolute atomic E-state index is 0.0148. The van der Waals surface area contributed by atoms with Gasteiger partial charge in [0.2, 0.25) is 0 Å². The topological polar surface area (TPSA) is 35.5 Å². The number of piperazine rings is 1. The third-order valence-corrected chi connectivity index (χ3v) is 3.25. The summed E-state index contributed by atoms with van der Waals surface area (Å²) in [5.41, 5.74) is -1.37. The van der Waals surface area contributed by atoms with E-state index in [0.717, 1.165) is 44.4 Å². The van der Waals surface area contributed by atoms with E-state index in [1.54, 1.807) is 0 Å². The average molecular weight is 256 g/mol. The Bertz CT molecular complexity index is 417. The van der Waals surface area contributed by atoms with Crippen LogP contribution in [0.5, 0.6) is 0 Å². The van der Waals surface area contributed by atoms with Gasteiger partial charge in [0.25, 0.3) is 0 Å². The lowest BCUT2D eigenvalue weighted by molar-refractivity contribution is 0.00950. The molecule has 2 N–H and O–H groups in total. The van der Waals surface area contributed by atoms with Crippen molar-refractivity contribution >= 4 is 0 Å². The molecule has 1 atom stereocenters. The van der Waals surface area contributed by atoms with Crippen LogP contribution in [0.4, 0.5) is 8.78 Å². The largest absolute Gasteiger partial charge is 0.384 e. The van der Waals surface area contributed by atoms with E-state index in [0.29, 0.717) is 6.54 Å². The molecule has 0 aromatic heterocycles. The average Bonchev–Trinajstić information content (AvgIpc) is 2.33. The van der Waals surface area contributed by atoms with E-state index in [-0.39, 0.29) is 5.56 Å². The maximum Gasteiger partial charge on any atom is 0.129 e. The first-order valence-corrected chi connectivity index (χ1v) is 6.10. The highest BCUT2D eigenvalue weighted by atomic mass is 19.1. The summed E-state index contributed by atoms with van der Waals surface area (Å²) in [6.07, 6.45) is 0. The lowest BCUT2D eigenvalue weighted by Gasteiger charge is -2.34. The summed E-state index contributed by atoms with van der Waals surface area (Å²) in [7, 11) is 0. The monoisotopic (exact) mass is 256 g/mol. The van der Waals surface area contributed by atoms with Gasteiger partial charge in [-0.15, -0.1) is 0 Å². The molecular formula is C13H18F2N2O. The molecule has 0 saturated carbocycles. The number of aliphatic hydroxyl groups is 1. The number of nitrogens with zero attached hydrogens (tertiary/aromatic N) is 1. The quantitative estimate of drug-likeness (QED) is 0.849. The lowest BCUT2D eigenvalue weighted by atomic mass is 9.94. The molecule has 18 heavy (non-hydrogen) atoms. The van der Waals surface area contributed by atoms with E-state index in [4.69, 9.17) is 0 Å². The van der Waals surface area contributed by atoms with Gasteiger partial charge in [0.1, 0.15) is 17.2 Å². The summed E-state index contributed by atoms with van der Waals surface area (Å²) in [4.78, 5) is 2.04. The molecular weight excluding hydrogens is 238 g/mol. The summed E-state index contributed by atoms with van der Waals surface area (Å²) in [6.45, 7) is 5.12. The van der Waals surface area contributed by atoms with E-state index >= 15 is 0 Å². The third-order valence-electron chi connectivity index (χ3n) is 3.25. The fraction of sp³-hybridized carbons (Fsp3) is 0.538. The number of rotatable bonds is 3. The summed E-state index contributed by atoms with van der Waals surface area (Å²) < 4.78 is 26.8. The van der Waals surface area contributed by atoms with Crippen molar-refractivity contribution in [3.8, 4) is 0 Å². The number of hydrogen-bond acceptors (Lipinski definition) is 3. The van der Waals surface area contributed by atoms with Gasteiger partial charge in [-0.25, -0.2) is 8.78 Å². The molecule has 5 heteroatoms. The SMILES string of the molecule is CC(O)(CN1CCNCC1)c1cc(F)ccc1F. The highest BCUT2D eigenvalue weighted by molar-refractivity contribution is 5.25. The zero-order valence-electron chi connectivity index (χ0n) is 10.4. The minimum atomic E-state index is -1.39. The smallest absolute Gasteiger partial charge is 0.129 e. The first-order chi connectivity index (χ1) is 8.49. The molecule has 1 saturated heterocycles. The Morgan fingerprint density at radius 3 is 2.67 bits per heavy atom. The maximum atomic E-state index is 13.7. The molecule has 0 radical (unpaired) electrons. The molecule has 1 aromatic rings. The van der Waals surface area contributed by atoms with Crippen LogP contribution in [0.2, 0.25) is 0 Å². The van der Waals surface area contributed by atoms with Gasteiger partial charge >= 0.3 is 0 Å². The number of β-amino-alcohol motifs (C(OH)–C–C–N with tert-alkyl or cyclic N) is 1. The number of hydrogen-bond donors (Lipinski definition) is 2. The van der Waals surface area contributed by atoms with Gasteiger partial charge in [-0.1, -0.05) is 0 Å². The lowest BCUT2D eigenvalue weighted by Crippen LogP contribution is -2.48. The van der Waals surface area contributed by atoms with Crippen LogP contribution in [0.1, 0.15) is 12.5 Å². The van der Waals surface area contributed by atoms with Crippen molar-refractivity contribution in [1.29, 1.82) is 0 Å². The standard InChI is InChI=1S/C13H18F2N2O/c1-13(18,9-17-6-4-16-5-7-17)11-8-10(14)2-3-12(11)15/h2-3,8,16,18H,4-7,9H2,1H3. The Kier molecular flexibility index (Phi) is 3.94.